The van der Waals surface area contributed by atoms with Crippen molar-refractivity contribution in [3.8, 4) is 0 Å². The van der Waals surface area contributed by atoms with Gasteiger partial charge in [0, 0.05) is 35.9 Å². The molecule has 2 aromatic rings. The molecule has 3 N–H and O–H groups in total. The molecule has 0 spiro atoms. The zero-order chi connectivity index (χ0) is 18.2. The number of aliphatic hydroxyl groups excluding tert-OH is 1. The van der Waals surface area contributed by atoms with E-state index in [1.807, 2.05) is 24.3 Å². The summed E-state index contributed by atoms with van der Waals surface area (Å²) < 4.78 is 0. The Hall–Kier alpha value is -1.83. The van der Waals surface area contributed by atoms with Crippen molar-refractivity contribution in [1.82, 2.24) is 15.3 Å². The minimum atomic E-state index is -0.271. The zero-order valence-electron chi connectivity index (χ0n) is 13.8. The molecule has 25 heavy (non-hydrogen) atoms. The van der Waals surface area contributed by atoms with Crippen LogP contribution in [-0.4, -0.2) is 39.9 Å². The molecule has 6 nitrogen and oxygen atoms in total. The van der Waals surface area contributed by atoms with Crippen LogP contribution in [0.3, 0.4) is 0 Å². The molecule has 0 unspecified atom stereocenters. The van der Waals surface area contributed by atoms with Gasteiger partial charge in [-0.05, 0) is 31.0 Å². The Morgan fingerprint density at radius 1 is 1.32 bits per heavy atom. The third kappa shape index (κ3) is 6.19. The second-order valence-electron chi connectivity index (χ2n) is 5.42. The normalized spacial score (nSPS) is 10.7. The average molecular weight is 382 g/mol. The summed E-state index contributed by atoms with van der Waals surface area (Å²) in [6.45, 7) is 2.14. The standard InChI is InChI=1S/C17H20ClN3O3S/c1-11-14(7-9-22)16(24)21-17(20-11)25-10-15(23)19-8-6-12-2-4-13(18)5-3-12/h2-5,22H,6-10H2,1H3,(H,19,23)(H,20,21,24). The van der Waals surface area contributed by atoms with Gasteiger partial charge in [-0.25, -0.2) is 4.98 Å². The molecule has 0 atom stereocenters. The van der Waals surface area contributed by atoms with E-state index in [4.69, 9.17) is 16.7 Å². The van der Waals surface area contributed by atoms with Crippen LogP contribution >= 0.6 is 23.4 Å². The molecule has 8 heteroatoms. The topological polar surface area (TPSA) is 95.1 Å². The molecule has 2 rings (SSSR count). The second kappa shape index (κ2) is 9.60. The monoisotopic (exact) mass is 381 g/mol. The lowest BCUT2D eigenvalue weighted by Gasteiger charge is -2.07. The third-order valence-electron chi connectivity index (χ3n) is 3.55. The number of hydrogen-bond donors (Lipinski definition) is 3. The largest absolute Gasteiger partial charge is 0.396 e. The smallest absolute Gasteiger partial charge is 0.255 e. The molecule has 1 aromatic heterocycles. The number of benzene rings is 1. The summed E-state index contributed by atoms with van der Waals surface area (Å²) in [5.74, 6) is 0.0428. The predicted molar refractivity (Wildman–Crippen MR) is 99.3 cm³/mol. The average Bonchev–Trinajstić information content (AvgIpc) is 2.58. The quantitative estimate of drug-likeness (QED) is 0.478. The van der Waals surface area contributed by atoms with E-state index in [1.54, 1.807) is 6.92 Å². The number of aliphatic hydroxyl groups is 1. The van der Waals surface area contributed by atoms with Crippen molar-refractivity contribution in [2.45, 2.75) is 24.9 Å². The van der Waals surface area contributed by atoms with Crippen molar-refractivity contribution in [2.24, 2.45) is 0 Å². The van der Waals surface area contributed by atoms with Gasteiger partial charge in [-0.1, -0.05) is 35.5 Å². The van der Waals surface area contributed by atoms with E-state index in [0.29, 0.717) is 28.0 Å². The van der Waals surface area contributed by atoms with Gasteiger partial charge >= 0.3 is 0 Å². The highest BCUT2D eigenvalue weighted by molar-refractivity contribution is 7.99. The molecule has 1 amide bonds. The minimum Gasteiger partial charge on any atom is -0.396 e. The number of aromatic nitrogens is 2. The Balaban J connectivity index is 1.79. The number of hydrogen-bond acceptors (Lipinski definition) is 5. The SMILES string of the molecule is Cc1nc(SCC(=O)NCCc2ccc(Cl)cc2)[nH]c(=O)c1CCO. The van der Waals surface area contributed by atoms with Gasteiger partial charge in [0.1, 0.15) is 0 Å². The number of thioether (sulfide) groups is 1. The van der Waals surface area contributed by atoms with Crippen LogP contribution in [0.1, 0.15) is 16.8 Å². The second-order valence-corrected chi connectivity index (χ2v) is 6.82. The molecule has 0 radical (unpaired) electrons. The number of aryl methyl sites for hydroxylation is 1. The minimum absolute atomic E-state index is 0.103. The summed E-state index contributed by atoms with van der Waals surface area (Å²) in [4.78, 5) is 30.7. The van der Waals surface area contributed by atoms with Gasteiger partial charge in [-0.2, -0.15) is 0 Å². The summed E-state index contributed by atoms with van der Waals surface area (Å²) in [7, 11) is 0. The summed E-state index contributed by atoms with van der Waals surface area (Å²) in [6.07, 6.45) is 0.988. The van der Waals surface area contributed by atoms with Crippen LogP contribution in [0.25, 0.3) is 0 Å². The molecular weight excluding hydrogens is 362 g/mol. The van der Waals surface area contributed by atoms with Crippen LogP contribution in [0.5, 0.6) is 0 Å². The molecule has 0 fully saturated rings. The molecule has 0 aliphatic carbocycles. The lowest BCUT2D eigenvalue weighted by Crippen LogP contribution is -2.27. The first kappa shape index (κ1) is 19.5. The van der Waals surface area contributed by atoms with Crippen LogP contribution in [-0.2, 0) is 17.6 Å². The Morgan fingerprint density at radius 2 is 2.04 bits per heavy atom. The molecule has 0 saturated carbocycles. The number of H-pyrrole nitrogens is 1. The van der Waals surface area contributed by atoms with Gasteiger partial charge in [0.05, 0.1) is 5.75 Å². The lowest BCUT2D eigenvalue weighted by molar-refractivity contribution is -0.118. The highest BCUT2D eigenvalue weighted by Gasteiger charge is 2.09. The Labute approximate surface area is 155 Å². The summed E-state index contributed by atoms with van der Waals surface area (Å²) >= 11 is 7.00. The summed E-state index contributed by atoms with van der Waals surface area (Å²) in [6, 6.07) is 7.49. The fourth-order valence-corrected chi connectivity index (χ4v) is 3.10. The van der Waals surface area contributed by atoms with Gasteiger partial charge < -0.3 is 15.4 Å². The zero-order valence-corrected chi connectivity index (χ0v) is 15.4. The first-order valence-electron chi connectivity index (χ1n) is 7.84. The van der Waals surface area contributed by atoms with Crippen molar-refractivity contribution in [3.05, 3.63) is 56.5 Å². The number of halogens is 1. The van der Waals surface area contributed by atoms with Gasteiger partial charge in [-0.3, -0.25) is 9.59 Å². The molecule has 1 heterocycles. The first-order chi connectivity index (χ1) is 12.0. The first-order valence-corrected chi connectivity index (χ1v) is 9.20. The van der Waals surface area contributed by atoms with Crippen molar-refractivity contribution >= 4 is 29.3 Å². The third-order valence-corrected chi connectivity index (χ3v) is 4.68. The maximum absolute atomic E-state index is 11.9. The molecular formula is C17H20ClN3O3S. The van der Waals surface area contributed by atoms with Gasteiger partial charge in [-0.15, -0.1) is 0 Å². The molecule has 134 valence electrons. The van der Waals surface area contributed by atoms with Crippen LogP contribution in [0.2, 0.25) is 5.02 Å². The van der Waals surface area contributed by atoms with E-state index in [-0.39, 0.29) is 30.2 Å². The Morgan fingerprint density at radius 3 is 2.68 bits per heavy atom. The van der Waals surface area contributed by atoms with Crippen LogP contribution in [0.4, 0.5) is 0 Å². The van der Waals surface area contributed by atoms with Gasteiger partial charge in [0.15, 0.2) is 5.16 Å². The Bertz CT molecular complexity index is 778. The molecule has 0 saturated heterocycles. The van der Waals surface area contributed by atoms with Crippen LogP contribution < -0.4 is 10.9 Å². The van der Waals surface area contributed by atoms with E-state index in [9.17, 15) is 9.59 Å². The van der Waals surface area contributed by atoms with Crippen molar-refractivity contribution in [1.29, 1.82) is 0 Å². The molecule has 0 aliphatic heterocycles. The van der Waals surface area contributed by atoms with Gasteiger partial charge in [0.25, 0.3) is 5.56 Å². The number of nitrogens with one attached hydrogen (secondary N) is 2. The number of rotatable bonds is 8. The highest BCUT2D eigenvalue weighted by Crippen LogP contribution is 2.13. The predicted octanol–water partition coefficient (Wildman–Crippen LogP) is 1.72. The lowest BCUT2D eigenvalue weighted by atomic mass is 10.1. The fourth-order valence-electron chi connectivity index (χ4n) is 2.24. The Kier molecular flexibility index (Phi) is 7.49. The van der Waals surface area contributed by atoms with E-state index in [2.05, 4.69) is 15.3 Å². The van der Waals surface area contributed by atoms with E-state index < -0.39 is 0 Å². The maximum atomic E-state index is 11.9. The number of carbonyl (C=O) groups is 1. The van der Waals surface area contributed by atoms with Crippen LogP contribution in [0, 0.1) is 6.92 Å². The molecule has 1 aromatic carbocycles. The maximum Gasteiger partial charge on any atom is 0.255 e. The van der Waals surface area contributed by atoms with Gasteiger partial charge in [0.2, 0.25) is 5.91 Å². The van der Waals surface area contributed by atoms with E-state index in [1.165, 1.54) is 11.8 Å². The number of carbonyl (C=O) groups excluding carboxylic acids is 1. The van der Waals surface area contributed by atoms with Crippen LogP contribution in [0.15, 0.2) is 34.2 Å². The van der Waals surface area contributed by atoms with E-state index in [0.717, 1.165) is 12.0 Å². The number of nitrogens with zero attached hydrogens (tertiary/aromatic N) is 1. The van der Waals surface area contributed by atoms with E-state index >= 15 is 0 Å². The fraction of sp³-hybridized carbons (Fsp3) is 0.353. The van der Waals surface area contributed by atoms with Crippen molar-refractivity contribution in [2.75, 3.05) is 18.9 Å². The van der Waals surface area contributed by atoms with Crippen molar-refractivity contribution in [3.63, 3.8) is 0 Å². The summed E-state index contributed by atoms with van der Waals surface area (Å²) in [5.41, 5.74) is 1.87. The summed E-state index contributed by atoms with van der Waals surface area (Å²) in [5, 5.41) is 12.9. The molecule has 0 bridgehead atoms. The number of amides is 1. The number of aromatic amines is 1. The van der Waals surface area contributed by atoms with Crippen molar-refractivity contribution < 1.29 is 9.90 Å². The molecule has 0 aliphatic rings. The highest BCUT2D eigenvalue weighted by atomic mass is 35.5.